The summed E-state index contributed by atoms with van der Waals surface area (Å²) in [6.45, 7) is 8.52. The van der Waals surface area contributed by atoms with Crippen LogP contribution in [0.3, 0.4) is 0 Å². The van der Waals surface area contributed by atoms with Crippen LogP contribution in [-0.4, -0.2) is 32.4 Å². The number of quaternary nitrogens is 1. The number of rotatable bonds is 3. The molecule has 0 unspecified atom stereocenters. The second-order valence-electron chi connectivity index (χ2n) is 3.42. The van der Waals surface area contributed by atoms with Crippen LogP contribution in [0.4, 0.5) is 0 Å². The summed E-state index contributed by atoms with van der Waals surface area (Å²) < 4.78 is 0. The zero-order chi connectivity index (χ0) is 9.14. The van der Waals surface area contributed by atoms with E-state index in [1.54, 1.807) is 4.79 Å². The normalized spacial score (nSPS) is 11.9. The summed E-state index contributed by atoms with van der Waals surface area (Å²) in [5, 5.41) is 12.1. The van der Waals surface area contributed by atoms with Gasteiger partial charge in [-0.15, -0.1) is 0 Å². The van der Waals surface area contributed by atoms with Crippen molar-refractivity contribution in [3.05, 3.63) is 6.33 Å². The van der Waals surface area contributed by atoms with Crippen LogP contribution in [0.15, 0.2) is 0 Å². The summed E-state index contributed by atoms with van der Waals surface area (Å²) in [6, 6.07) is 0.898. The molecule has 0 radical (unpaired) electrons. The molecule has 1 N–H and O–H groups in total. The first-order valence-electron chi connectivity index (χ1n) is 4.16. The predicted octanol–water partition coefficient (Wildman–Crippen LogP) is -1.06. The van der Waals surface area contributed by atoms with Crippen LogP contribution in [0.25, 0.3) is 0 Å². The largest absolute Gasteiger partial charge is 0.326 e. The summed E-state index contributed by atoms with van der Waals surface area (Å²) in [5.41, 5.74) is 0. The molecule has 0 saturated carbocycles. The lowest BCUT2D eigenvalue weighted by Crippen LogP contribution is -3.20. The van der Waals surface area contributed by atoms with Crippen LogP contribution in [-0.2, 0) is 0 Å². The number of hydrogen-bond acceptors (Lipinski definition) is 3. The van der Waals surface area contributed by atoms with Gasteiger partial charge in [-0.25, -0.2) is 5.01 Å². The van der Waals surface area contributed by atoms with E-state index in [4.69, 9.17) is 0 Å². The van der Waals surface area contributed by atoms with Gasteiger partial charge in [-0.3, -0.25) is 4.79 Å². The van der Waals surface area contributed by atoms with Gasteiger partial charge in [-0.2, -0.15) is 6.33 Å². The third-order valence-electron chi connectivity index (χ3n) is 1.74. The molecular weight excluding hydrogens is 154 g/mol. The predicted molar refractivity (Wildman–Crippen MR) is 43.3 cm³/mol. The van der Waals surface area contributed by atoms with Gasteiger partial charge in [0.15, 0.2) is 0 Å². The highest BCUT2D eigenvalue weighted by molar-refractivity contribution is 4.41. The van der Waals surface area contributed by atoms with Crippen molar-refractivity contribution in [3.63, 3.8) is 0 Å². The van der Waals surface area contributed by atoms with Gasteiger partial charge in [0.25, 0.3) is 0 Å². The third-order valence-corrected chi connectivity index (χ3v) is 1.74. The number of nitrogens with zero attached hydrogens (tertiary/aromatic N) is 4. The highest BCUT2D eigenvalue weighted by Crippen LogP contribution is 1.76. The van der Waals surface area contributed by atoms with Crippen LogP contribution in [0, 0.1) is 6.33 Å². The van der Waals surface area contributed by atoms with E-state index in [1.807, 2.05) is 0 Å². The van der Waals surface area contributed by atoms with Crippen LogP contribution in [0.5, 0.6) is 0 Å². The van der Waals surface area contributed by atoms with Crippen LogP contribution >= 0.6 is 0 Å². The fraction of sp³-hybridized carbons (Fsp3) is 0.857. The summed E-state index contributed by atoms with van der Waals surface area (Å²) in [5.74, 6) is 0. The first-order chi connectivity index (χ1) is 5.63. The van der Waals surface area contributed by atoms with Gasteiger partial charge >= 0.3 is 0 Å². The van der Waals surface area contributed by atoms with E-state index in [0.29, 0.717) is 12.1 Å². The summed E-state index contributed by atoms with van der Waals surface area (Å²) in [4.78, 5) is 1.63. The third kappa shape index (κ3) is 1.79. The summed E-state index contributed by atoms with van der Waals surface area (Å²) in [7, 11) is 0. The lowest BCUT2D eigenvalue weighted by atomic mass is 10.3. The van der Waals surface area contributed by atoms with E-state index in [-0.39, 0.29) is 0 Å². The average molecular weight is 169 g/mol. The Morgan fingerprint density at radius 3 is 2.08 bits per heavy atom. The lowest BCUT2D eigenvalue weighted by molar-refractivity contribution is -0.990. The fourth-order valence-corrected chi connectivity index (χ4v) is 1.41. The SMILES string of the molecule is CC(C)[NH+](C(C)C)n1[c-]nnn1. The molecule has 0 fully saturated rings. The molecule has 5 nitrogen and oxygen atoms in total. The van der Waals surface area contributed by atoms with Gasteiger partial charge in [-0.1, -0.05) is 5.21 Å². The second-order valence-corrected chi connectivity index (χ2v) is 3.42. The van der Waals surface area contributed by atoms with E-state index in [0.717, 1.165) is 0 Å². The molecule has 0 atom stereocenters. The molecule has 0 bridgehead atoms. The Kier molecular flexibility index (Phi) is 2.75. The van der Waals surface area contributed by atoms with Gasteiger partial charge in [0.2, 0.25) is 0 Å². The molecular formula is C7H15N5. The number of nitrogens with one attached hydrogen (secondary N) is 1. The van der Waals surface area contributed by atoms with E-state index >= 15 is 0 Å². The van der Waals surface area contributed by atoms with Gasteiger partial charge in [-0.05, 0) is 32.9 Å². The maximum Gasteiger partial charge on any atom is 0.103 e. The fourth-order valence-electron chi connectivity index (χ4n) is 1.41. The number of aromatic nitrogens is 4. The zero-order valence-electron chi connectivity index (χ0n) is 7.94. The molecule has 1 heterocycles. The Balaban J connectivity index is 2.81. The molecule has 1 aromatic heterocycles. The van der Waals surface area contributed by atoms with Crippen LogP contribution in [0.1, 0.15) is 27.7 Å². The van der Waals surface area contributed by atoms with Crippen LogP contribution in [0.2, 0.25) is 0 Å². The van der Waals surface area contributed by atoms with Crippen molar-refractivity contribution in [1.29, 1.82) is 0 Å². The van der Waals surface area contributed by atoms with Crippen molar-refractivity contribution in [2.24, 2.45) is 0 Å². The Labute approximate surface area is 72.3 Å². The van der Waals surface area contributed by atoms with Crippen molar-refractivity contribution < 1.29 is 5.01 Å². The molecule has 1 rings (SSSR count). The molecule has 68 valence electrons. The van der Waals surface area contributed by atoms with E-state index in [2.05, 4.69) is 49.5 Å². The lowest BCUT2D eigenvalue weighted by Gasteiger charge is -2.29. The Morgan fingerprint density at radius 2 is 1.75 bits per heavy atom. The van der Waals surface area contributed by atoms with Gasteiger partial charge in [0.05, 0.1) is 0 Å². The summed E-state index contributed by atoms with van der Waals surface area (Å²) in [6.07, 6.45) is 2.71. The molecule has 0 amide bonds. The molecule has 0 aliphatic heterocycles. The smallest absolute Gasteiger partial charge is 0.103 e. The van der Waals surface area contributed by atoms with Crippen molar-refractivity contribution in [2.45, 2.75) is 39.8 Å². The molecule has 12 heavy (non-hydrogen) atoms. The quantitative estimate of drug-likeness (QED) is 0.587. The molecule has 5 heteroatoms. The average Bonchev–Trinajstić information content (AvgIpc) is 2.37. The van der Waals surface area contributed by atoms with Gasteiger partial charge in [0, 0.05) is 0 Å². The number of tetrazole rings is 1. The monoisotopic (exact) mass is 169 g/mol. The Bertz CT molecular complexity index is 208. The highest BCUT2D eigenvalue weighted by Gasteiger charge is 2.16. The van der Waals surface area contributed by atoms with E-state index in [9.17, 15) is 0 Å². The molecule has 0 spiro atoms. The van der Waals surface area contributed by atoms with Crippen LogP contribution < -0.4 is 5.01 Å². The Hall–Kier alpha value is -0.970. The maximum absolute atomic E-state index is 3.82. The van der Waals surface area contributed by atoms with E-state index in [1.165, 1.54) is 5.01 Å². The van der Waals surface area contributed by atoms with Gasteiger partial charge < -0.3 is 5.10 Å². The van der Waals surface area contributed by atoms with E-state index < -0.39 is 0 Å². The minimum atomic E-state index is 0.449. The molecule has 0 aliphatic carbocycles. The van der Waals surface area contributed by atoms with Crippen molar-refractivity contribution >= 4 is 0 Å². The van der Waals surface area contributed by atoms with Crippen molar-refractivity contribution in [1.82, 2.24) is 20.3 Å². The van der Waals surface area contributed by atoms with Crippen molar-refractivity contribution in [2.75, 3.05) is 0 Å². The molecule has 0 aliphatic rings. The van der Waals surface area contributed by atoms with Gasteiger partial charge in [0.1, 0.15) is 12.1 Å². The van der Waals surface area contributed by atoms with Crippen molar-refractivity contribution in [3.8, 4) is 0 Å². The molecule has 1 aromatic rings. The summed E-state index contributed by atoms with van der Waals surface area (Å²) >= 11 is 0. The minimum absolute atomic E-state index is 0.449. The standard InChI is InChI=1S/C7H14N5/c1-6(2)12(7(3)4)11-5-8-9-10-11/h6-7H,1-4H3/q-1/p+1. The first-order valence-corrected chi connectivity index (χ1v) is 4.16. The minimum Gasteiger partial charge on any atom is -0.326 e. The maximum atomic E-state index is 3.82. The second kappa shape index (κ2) is 3.62. The zero-order valence-corrected chi connectivity index (χ0v) is 7.94. The highest BCUT2D eigenvalue weighted by atomic mass is 15.7. The molecule has 0 aromatic carbocycles. The molecule has 0 saturated heterocycles. The first kappa shape index (κ1) is 9.12. The number of hydrogen-bond donors (Lipinski definition) is 1. The topological polar surface area (TPSA) is 48.0 Å². The Morgan fingerprint density at radius 1 is 1.17 bits per heavy atom.